The molecule has 0 amide bonds. The smallest absolute Gasteiger partial charge is 0.0292 e. The molecular formula is C13H22N2. The van der Waals surface area contributed by atoms with Crippen molar-refractivity contribution in [2.75, 3.05) is 13.1 Å². The zero-order chi connectivity index (χ0) is 11.1. The van der Waals surface area contributed by atoms with Crippen molar-refractivity contribution in [3.05, 3.63) is 35.9 Å². The van der Waals surface area contributed by atoms with Gasteiger partial charge in [-0.05, 0) is 12.5 Å². The molecule has 1 aromatic carbocycles. The third-order valence-corrected chi connectivity index (χ3v) is 2.43. The highest BCUT2D eigenvalue weighted by Crippen LogP contribution is 2.09. The van der Waals surface area contributed by atoms with Crippen molar-refractivity contribution in [3.8, 4) is 0 Å². The number of benzene rings is 1. The first kappa shape index (κ1) is 12.2. The Labute approximate surface area is 93.1 Å². The molecule has 0 aliphatic rings. The number of rotatable bonds is 6. The minimum absolute atomic E-state index is 0.431. The fourth-order valence-corrected chi connectivity index (χ4v) is 1.51. The minimum atomic E-state index is 0.431. The molecule has 0 unspecified atom stereocenters. The molecule has 0 saturated carbocycles. The molecule has 0 bridgehead atoms. The van der Waals surface area contributed by atoms with Crippen LogP contribution in [0.4, 0.5) is 0 Å². The Morgan fingerprint density at radius 3 is 2.13 bits per heavy atom. The summed E-state index contributed by atoms with van der Waals surface area (Å²) in [6, 6.07) is 11.5. The van der Waals surface area contributed by atoms with Gasteiger partial charge in [0.15, 0.2) is 0 Å². The molecule has 15 heavy (non-hydrogen) atoms. The Bertz CT molecular complexity index is 256. The molecule has 1 aromatic rings. The maximum absolute atomic E-state index is 3.49. The van der Waals surface area contributed by atoms with Gasteiger partial charge in [-0.15, -0.1) is 0 Å². The van der Waals surface area contributed by atoms with Gasteiger partial charge in [0.2, 0.25) is 0 Å². The van der Waals surface area contributed by atoms with Crippen molar-refractivity contribution in [1.29, 1.82) is 0 Å². The zero-order valence-corrected chi connectivity index (χ0v) is 9.96. The van der Waals surface area contributed by atoms with Gasteiger partial charge in [-0.2, -0.15) is 0 Å². The molecule has 2 nitrogen and oxygen atoms in total. The van der Waals surface area contributed by atoms with E-state index in [4.69, 9.17) is 0 Å². The van der Waals surface area contributed by atoms with E-state index in [-0.39, 0.29) is 0 Å². The summed E-state index contributed by atoms with van der Waals surface area (Å²) in [7, 11) is 0. The molecule has 0 aromatic heterocycles. The Hall–Kier alpha value is -0.860. The summed E-state index contributed by atoms with van der Waals surface area (Å²) in [5, 5.41) is 6.88. The fraction of sp³-hybridized carbons (Fsp3) is 0.538. The molecule has 0 aliphatic carbocycles. The molecule has 0 radical (unpaired) electrons. The van der Waals surface area contributed by atoms with Crippen molar-refractivity contribution >= 4 is 0 Å². The van der Waals surface area contributed by atoms with Crippen LogP contribution in [0.15, 0.2) is 30.3 Å². The summed E-state index contributed by atoms with van der Waals surface area (Å²) in [4.78, 5) is 0. The van der Waals surface area contributed by atoms with Gasteiger partial charge in [0, 0.05) is 25.2 Å². The molecule has 1 atom stereocenters. The van der Waals surface area contributed by atoms with E-state index in [0.717, 1.165) is 13.1 Å². The first-order valence-electron chi connectivity index (χ1n) is 5.72. The van der Waals surface area contributed by atoms with Crippen molar-refractivity contribution in [2.45, 2.75) is 32.9 Å². The minimum Gasteiger partial charge on any atom is -0.313 e. The molecule has 2 heteroatoms. The van der Waals surface area contributed by atoms with Gasteiger partial charge in [-0.3, -0.25) is 0 Å². The van der Waals surface area contributed by atoms with E-state index in [1.54, 1.807) is 0 Å². The molecule has 0 heterocycles. The highest BCUT2D eigenvalue weighted by molar-refractivity contribution is 5.17. The van der Waals surface area contributed by atoms with Crippen LogP contribution in [0.1, 0.15) is 32.4 Å². The molecular weight excluding hydrogens is 184 g/mol. The summed E-state index contributed by atoms with van der Waals surface area (Å²) in [5.41, 5.74) is 1.35. The van der Waals surface area contributed by atoms with E-state index in [1.807, 2.05) is 0 Å². The largest absolute Gasteiger partial charge is 0.313 e. The van der Waals surface area contributed by atoms with Crippen LogP contribution in [0, 0.1) is 0 Å². The third kappa shape index (κ3) is 4.96. The van der Waals surface area contributed by atoms with E-state index in [2.05, 4.69) is 61.7 Å². The van der Waals surface area contributed by atoms with Crippen LogP contribution in [-0.2, 0) is 0 Å². The SMILES string of the molecule is CC(C)NCCN[C@H](C)c1ccccc1. The Kier molecular flexibility index (Phi) is 5.37. The van der Waals surface area contributed by atoms with E-state index in [0.29, 0.717) is 12.1 Å². The van der Waals surface area contributed by atoms with Gasteiger partial charge in [-0.1, -0.05) is 44.2 Å². The second-order valence-electron chi connectivity index (χ2n) is 4.20. The van der Waals surface area contributed by atoms with Gasteiger partial charge >= 0.3 is 0 Å². The standard InChI is InChI=1S/C13H22N2/c1-11(2)14-9-10-15-12(3)13-7-5-4-6-8-13/h4-8,11-12,14-15H,9-10H2,1-3H3/t12-/m1/s1. The average Bonchev–Trinajstić information content (AvgIpc) is 2.25. The average molecular weight is 206 g/mol. The van der Waals surface area contributed by atoms with Crippen LogP contribution < -0.4 is 10.6 Å². The molecule has 0 spiro atoms. The van der Waals surface area contributed by atoms with Gasteiger partial charge in [0.25, 0.3) is 0 Å². The predicted molar refractivity (Wildman–Crippen MR) is 66.0 cm³/mol. The van der Waals surface area contributed by atoms with Crippen LogP contribution in [0.2, 0.25) is 0 Å². The van der Waals surface area contributed by atoms with Crippen LogP contribution in [0.25, 0.3) is 0 Å². The van der Waals surface area contributed by atoms with Gasteiger partial charge in [-0.25, -0.2) is 0 Å². The number of nitrogens with one attached hydrogen (secondary N) is 2. The van der Waals surface area contributed by atoms with E-state index < -0.39 is 0 Å². The first-order chi connectivity index (χ1) is 7.20. The summed E-state index contributed by atoms with van der Waals surface area (Å²) in [6.45, 7) is 8.56. The third-order valence-electron chi connectivity index (χ3n) is 2.43. The maximum Gasteiger partial charge on any atom is 0.0292 e. The predicted octanol–water partition coefficient (Wildman–Crippen LogP) is 2.34. The summed E-state index contributed by atoms with van der Waals surface area (Å²) < 4.78 is 0. The summed E-state index contributed by atoms with van der Waals surface area (Å²) >= 11 is 0. The van der Waals surface area contributed by atoms with Gasteiger partial charge in [0.1, 0.15) is 0 Å². The zero-order valence-electron chi connectivity index (χ0n) is 9.96. The van der Waals surface area contributed by atoms with Crippen molar-refractivity contribution in [2.24, 2.45) is 0 Å². The second-order valence-corrected chi connectivity index (χ2v) is 4.20. The lowest BCUT2D eigenvalue weighted by molar-refractivity contribution is 0.518. The highest BCUT2D eigenvalue weighted by atomic mass is 15.0. The molecule has 0 fully saturated rings. The highest BCUT2D eigenvalue weighted by Gasteiger charge is 2.02. The lowest BCUT2D eigenvalue weighted by Gasteiger charge is -2.15. The van der Waals surface area contributed by atoms with Crippen molar-refractivity contribution in [3.63, 3.8) is 0 Å². The summed E-state index contributed by atoms with van der Waals surface area (Å²) in [6.07, 6.45) is 0. The molecule has 0 aliphatic heterocycles. The van der Waals surface area contributed by atoms with E-state index in [1.165, 1.54) is 5.56 Å². The van der Waals surface area contributed by atoms with Crippen LogP contribution >= 0.6 is 0 Å². The van der Waals surface area contributed by atoms with E-state index >= 15 is 0 Å². The molecule has 0 saturated heterocycles. The molecule has 2 N–H and O–H groups in total. The monoisotopic (exact) mass is 206 g/mol. The van der Waals surface area contributed by atoms with Crippen LogP contribution in [-0.4, -0.2) is 19.1 Å². The van der Waals surface area contributed by atoms with Gasteiger partial charge in [0.05, 0.1) is 0 Å². The van der Waals surface area contributed by atoms with Crippen molar-refractivity contribution < 1.29 is 0 Å². The quantitative estimate of drug-likeness (QED) is 0.698. The Morgan fingerprint density at radius 1 is 0.933 bits per heavy atom. The van der Waals surface area contributed by atoms with Crippen LogP contribution in [0.3, 0.4) is 0 Å². The Morgan fingerprint density at radius 2 is 1.53 bits per heavy atom. The lowest BCUT2D eigenvalue weighted by atomic mass is 10.1. The Balaban J connectivity index is 2.22. The summed E-state index contributed by atoms with van der Waals surface area (Å²) in [5.74, 6) is 0. The lowest BCUT2D eigenvalue weighted by Crippen LogP contribution is -2.32. The first-order valence-corrected chi connectivity index (χ1v) is 5.72. The maximum atomic E-state index is 3.49. The van der Waals surface area contributed by atoms with Gasteiger partial charge < -0.3 is 10.6 Å². The van der Waals surface area contributed by atoms with Crippen LogP contribution in [0.5, 0.6) is 0 Å². The molecule has 84 valence electrons. The number of hydrogen-bond acceptors (Lipinski definition) is 2. The normalized spacial score (nSPS) is 13.1. The van der Waals surface area contributed by atoms with Crippen molar-refractivity contribution in [1.82, 2.24) is 10.6 Å². The molecule has 1 rings (SSSR count). The fourth-order valence-electron chi connectivity index (χ4n) is 1.51. The number of hydrogen-bond donors (Lipinski definition) is 2. The second kappa shape index (κ2) is 6.59. The topological polar surface area (TPSA) is 24.1 Å². The van der Waals surface area contributed by atoms with E-state index in [9.17, 15) is 0 Å².